The molecule has 0 radical (unpaired) electrons. The number of benzene rings is 2. The van der Waals surface area contributed by atoms with E-state index in [1.54, 1.807) is 24.3 Å². The molecule has 0 saturated carbocycles. The lowest BCUT2D eigenvalue weighted by atomic mass is 10.1. The van der Waals surface area contributed by atoms with E-state index in [1.165, 1.54) is 6.92 Å². The molecule has 2 rings (SSSR count). The first-order valence-electron chi connectivity index (χ1n) is 9.27. The van der Waals surface area contributed by atoms with Crippen molar-refractivity contribution in [3.63, 3.8) is 0 Å². The van der Waals surface area contributed by atoms with Crippen molar-refractivity contribution in [2.45, 2.75) is 33.7 Å². The van der Waals surface area contributed by atoms with E-state index in [9.17, 15) is 9.59 Å². The van der Waals surface area contributed by atoms with E-state index in [2.05, 4.69) is 16.0 Å². The molecular weight excluding hydrogens is 358 g/mol. The van der Waals surface area contributed by atoms with Crippen LogP contribution in [0.1, 0.15) is 39.3 Å². The molecular formula is C21H27N3O4. The number of carbonyl (C=O) groups is 2. The zero-order valence-corrected chi connectivity index (χ0v) is 16.7. The van der Waals surface area contributed by atoms with Crippen molar-refractivity contribution in [1.82, 2.24) is 5.32 Å². The molecule has 0 aliphatic carbocycles. The van der Waals surface area contributed by atoms with Crippen LogP contribution in [-0.4, -0.2) is 25.2 Å². The minimum atomic E-state index is -0.368. The first-order chi connectivity index (χ1) is 13.4. The Morgan fingerprint density at radius 1 is 1.00 bits per heavy atom. The first-order valence-corrected chi connectivity index (χ1v) is 9.27. The summed E-state index contributed by atoms with van der Waals surface area (Å²) in [5.41, 5.74) is 2.08. The lowest BCUT2D eigenvalue weighted by molar-refractivity contribution is -0.114. The summed E-state index contributed by atoms with van der Waals surface area (Å²) < 4.78 is 11.1. The lowest BCUT2D eigenvalue weighted by Crippen LogP contribution is -2.31. The molecule has 0 aromatic heterocycles. The number of amides is 3. The highest BCUT2D eigenvalue weighted by atomic mass is 16.5. The Labute approximate surface area is 165 Å². The normalized spacial score (nSPS) is 11.3. The van der Waals surface area contributed by atoms with Gasteiger partial charge in [-0.3, -0.25) is 4.79 Å². The van der Waals surface area contributed by atoms with E-state index >= 15 is 0 Å². The summed E-state index contributed by atoms with van der Waals surface area (Å²) in [6.45, 7) is 8.11. The molecule has 7 nitrogen and oxygen atoms in total. The topological polar surface area (TPSA) is 88.7 Å². The molecule has 0 heterocycles. The van der Waals surface area contributed by atoms with Gasteiger partial charge in [-0.2, -0.15) is 0 Å². The van der Waals surface area contributed by atoms with Gasteiger partial charge in [-0.1, -0.05) is 12.1 Å². The van der Waals surface area contributed by atoms with Gasteiger partial charge in [-0.05, 0) is 50.6 Å². The summed E-state index contributed by atoms with van der Waals surface area (Å²) >= 11 is 0. The minimum Gasteiger partial charge on any atom is -0.494 e. The second-order valence-electron chi connectivity index (χ2n) is 6.15. The van der Waals surface area contributed by atoms with E-state index in [0.717, 1.165) is 5.56 Å². The molecule has 7 heteroatoms. The van der Waals surface area contributed by atoms with Crippen LogP contribution in [0.4, 0.5) is 16.2 Å². The maximum absolute atomic E-state index is 12.5. The van der Waals surface area contributed by atoms with Crippen LogP contribution in [0.2, 0.25) is 0 Å². The molecule has 3 amide bonds. The minimum absolute atomic E-state index is 0.145. The van der Waals surface area contributed by atoms with Crippen molar-refractivity contribution in [2.75, 3.05) is 23.8 Å². The fraction of sp³-hybridized carbons (Fsp3) is 0.333. The van der Waals surface area contributed by atoms with E-state index < -0.39 is 0 Å². The Morgan fingerprint density at radius 2 is 1.75 bits per heavy atom. The van der Waals surface area contributed by atoms with Crippen LogP contribution in [0.3, 0.4) is 0 Å². The number of ether oxygens (including phenoxy) is 2. The average Bonchev–Trinajstić information content (AvgIpc) is 2.64. The Morgan fingerprint density at radius 3 is 2.43 bits per heavy atom. The number of anilines is 2. The Kier molecular flexibility index (Phi) is 7.68. The fourth-order valence-electron chi connectivity index (χ4n) is 2.67. The molecule has 0 bridgehead atoms. The summed E-state index contributed by atoms with van der Waals surface area (Å²) in [7, 11) is 0. The average molecular weight is 385 g/mol. The fourth-order valence-corrected chi connectivity index (χ4v) is 2.67. The van der Waals surface area contributed by atoms with Crippen molar-refractivity contribution in [3.05, 3.63) is 48.0 Å². The van der Waals surface area contributed by atoms with E-state index in [-0.39, 0.29) is 18.0 Å². The maximum atomic E-state index is 12.5. The van der Waals surface area contributed by atoms with Gasteiger partial charge in [0.15, 0.2) is 0 Å². The first kappa shape index (κ1) is 21.1. The van der Waals surface area contributed by atoms with Crippen LogP contribution in [0.5, 0.6) is 11.5 Å². The van der Waals surface area contributed by atoms with Gasteiger partial charge in [0.25, 0.3) is 0 Å². The quantitative estimate of drug-likeness (QED) is 0.631. The smallest absolute Gasteiger partial charge is 0.319 e. The molecule has 0 fully saturated rings. The molecule has 1 atom stereocenters. The van der Waals surface area contributed by atoms with Crippen LogP contribution in [0, 0.1) is 0 Å². The second kappa shape index (κ2) is 10.2. The van der Waals surface area contributed by atoms with Gasteiger partial charge in [-0.25, -0.2) is 4.79 Å². The number of nitrogens with one attached hydrogen (secondary N) is 3. The zero-order valence-electron chi connectivity index (χ0n) is 16.7. The highest BCUT2D eigenvalue weighted by molar-refractivity contribution is 5.91. The highest BCUT2D eigenvalue weighted by Gasteiger charge is 2.13. The number of hydrogen-bond acceptors (Lipinski definition) is 4. The van der Waals surface area contributed by atoms with Crippen LogP contribution in [-0.2, 0) is 4.79 Å². The van der Waals surface area contributed by atoms with Crippen molar-refractivity contribution >= 4 is 23.3 Å². The summed E-state index contributed by atoms with van der Waals surface area (Å²) in [4.78, 5) is 23.7. The van der Waals surface area contributed by atoms with Gasteiger partial charge >= 0.3 is 6.03 Å². The molecule has 28 heavy (non-hydrogen) atoms. The van der Waals surface area contributed by atoms with Crippen LogP contribution in [0.15, 0.2) is 42.5 Å². The molecule has 0 aliphatic heterocycles. The van der Waals surface area contributed by atoms with Gasteiger partial charge in [0.2, 0.25) is 5.91 Å². The van der Waals surface area contributed by atoms with Crippen LogP contribution < -0.4 is 25.4 Å². The number of rotatable bonds is 8. The Bertz CT molecular complexity index is 823. The highest BCUT2D eigenvalue weighted by Crippen LogP contribution is 2.29. The molecule has 0 aliphatic rings. The Balaban J connectivity index is 2.08. The zero-order chi connectivity index (χ0) is 20.5. The molecule has 2 aromatic carbocycles. The van der Waals surface area contributed by atoms with Gasteiger partial charge in [0.05, 0.1) is 24.9 Å². The largest absolute Gasteiger partial charge is 0.494 e. The summed E-state index contributed by atoms with van der Waals surface area (Å²) in [5.74, 6) is 1.08. The van der Waals surface area contributed by atoms with Crippen LogP contribution in [0.25, 0.3) is 0 Å². The van der Waals surface area contributed by atoms with Crippen molar-refractivity contribution < 1.29 is 19.1 Å². The SMILES string of the molecule is CCOc1ccc(OCC)c(NC(=O)N[C@H](C)c2cccc(NC(C)=O)c2)c1. The van der Waals surface area contributed by atoms with Gasteiger partial charge < -0.3 is 25.4 Å². The van der Waals surface area contributed by atoms with E-state index in [0.29, 0.717) is 36.1 Å². The molecule has 2 aromatic rings. The summed E-state index contributed by atoms with van der Waals surface area (Å²) in [6.07, 6.45) is 0. The third-order valence-electron chi connectivity index (χ3n) is 3.86. The molecule has 0 saturated heterocycles. The summed E-state index contributed by atoms with van der Waals surface area (Å²) in [5, 5.41) is 8.44. The number of hydrogen-bond donors (Lipinski definition) is 3. The standard InChI is InChI=1S/C21H27N3O4/c1-5-27-18-10-11-20(28-6-2)19(13-18)24-21(26)22-14(3)16-8-7-9-17(12-16)23-15(4)25/h7-14H,5-6H2,1-4H3,(H,23,25)(H2,22,24,26)/t14-/m1/s1. The molecule has 3 N–H and O–H groups in total. The molecule has 0 unspecified atom stereocenters. The molecule has 150 valence electrons. The lowest BCUT2D eigenvalue weighted by Gasteiger charge is -2.18. The second-order valence-corrected chi connectivity index (χ2v) is 6.15. The Hall–Kier alpha value is -3.22. The van der Waals surface area contributed by atoms with E-state index in [4.69, 9.17) is 9.47 Å². The summed E-state index contributed by atoms with van der Waals surface area (Å²) in [6, 6.07) is 12.0. The molecule has 0 spiro atoms. The maximum Gasteiger partial charge on any atom is 0.319 e. The number of urea groups is 1. The predicted molar refractivity (Wildman–Crippen MR) is 110 cm³/mol. The van der Waals surface area contributed by atoms with Crippen molar-refractivity contribution in [3.8, 4) is 11.5 Å². The van der Waals surface area contributed by atoms with E-state index in [1.807, 2.05) is 39.0 Å². The van der Waals surface area contributed by atoms with Crippen molar-refractivity contribution in [1.29, 1.82) is 0 Å². The predicted octanol–water partition coefficient (Wildman–Crippen LogP) is 4.33. The monoisotopic (exact) mass is 385 g/mol. The third kappa shape index (κ3) is 6.19. The van der Waals surface area contributed by atoms with Gasteiger partial charge in [0, 0.05) is 18.7 Å². The van der Waals surface area contributed by atoms with Crippen LogP contribution >= 0.6 is 0 Å². The number of carbonyl (C=O) groups excluding carboxylic acids is 2. The third-order valence-corrected chi connectivity index (χ3v) is 3.86. The van der Waals surface area contributed by atoms with Gasteiger partial charge in [-0.15, -0.1) is 0 Å². The van der Waals surface area contributed by atoms with Gasteiger partial charge in [0.1, 0.15) is 11.5 Å². The van der Waals surface area contributed by atoms with Crippen molar-refractivity contribution in [2.24, 2.45) is 0 Å².